The number of aliphatic hydroxyl groups excluding tert-OH is 1. The van der Waals surface area contributed by atoms with E-state index in [1.165, 1.54) is 4.31 Å². The van der Waals surface area contributed by atoms with Gasteiger partial charge in [0, 0.05) is 13.1 Å². The first-order valence-corrected chi connectivity index (χ1v) is 6.01. The van der Waals surface area contributed by atoms with Crippen LogP contribution >= 0.6 is 15.9 Å². The van der Waals surface area contributed by atoms with Crippen LogP contribution in [0.4, 0.5) is 0 Å². The summed E-state index contributed by atoms with van der Waals surface area (Å²) in [6.07, 6.45) is 0.0653. The number of aliphatic hydroxyl groups is 1. The van der Waals surface area contributed by atoms with Crippen molar-refractivity contribution in [1.82, 2.24) is 4.31 Å². The Morgan fingerprint density at radius 3 is 2.64 bits per heavy atom. The maximum Gasteiger partial charge on any atom is 0.224 e. The number of sulfonamides is 1. The number of β-amino-alcohol motifs (C(OH)–C–C–N with tert-alkyl or cyclic N) is 1. The molecule has 1 fully saturated rings. The lowest BCUT2D eigenvalue weighted by molar-refractivity contribution is 0.189. The molecule has 0 aliphatic carbocycles. The zero-order valence-electron chi connectivity index (χ0n) is 5.90. The Morgan fingerprint density at radius 2 is 2.27 bits per heavy atom. The summed E-state index contributed by atoms with van der Waals surface area (Å²) in [6.45, 7) is 0.684. The lowest BCUT2D eigenvalue weighted by atomic mass is 10.3. The summed E-state index contributed by atoms with van der Waals surface area (Å²) in [4.78, 5) is 0. The van der Waals surface area contributed by atoms with Gasteiger partial charge in [-0.15, -0.1) is 0 Å². The molecule has 1 N–H and O–H groups in total. The molecule has 0 aromatic rings. The van der Waals surface area contributed by atoms with E-state index in [0.29, 0.717) is 13.0 Å². The summed E-state index contributed by atoms with van der Waals surface area (Å²) in [6, 6.07) is 0. The standard InChI is InChI=1S/C5H10BrNO3S/c6-4-11(9,10)7-2-1-5(8)3-7/h5,8H,1-4H2. The number of nitrogens with zero attached hydrogens (tertiary/aromatic N) is 1. The highest BCUT2D eigenvalue weighted by atomic mass is 79.9. The minimum absolute atomic E-state index is 0.0628. The van der Waals surface area contributed by atoms with Crippen LogP contribution in [0.5, 0.6) is 0 Å². The third-order valence-electron chi connectivity index (χ3n) is 1.66. The molecule has 11 heavy (non-hydrogen) atoms. The normalized spacial score (nSPS) is 27.6. The number of hydrogen-bond acceptors (Lipinski definition) is 3. The van der Waals surface area contributed by atoms with Crippen LogP contribution in [-0.2, 0) is 10.0 Å². The van der Waals surface area contributed by atoms with Crippen molar-refractivity contribution in [3.05, 3.63) is 0 Å². The van der Waals surface area contributed by atoms with Gasteiger partial charge in [-0.3, -0.25) is 0 Å². The van der Waals surface area contributed by atoms with Crippen LogP contribution in [0.2, 0.25) is 0 Å². The van der Waals surface area contributed by atoms with E-state index in [0.717, 1.165) is 0 Å². The average molecular weight is 244 g/mol. The van der Waals surface area contributed by atoms with Gasteiger partial charge < -0.3 is 5.11 Å². The van der Waals surface area contributed by atoms with Crippen molar-refractivity contribution in [2.75, 3.05) is 17.8 Å². The molecule has 1 aliphatic rings. The van der Waals surface area contributed by atoms with E-state index < -0.39 is 16.1 Å². The summed E-state index contributed by atoms with van der Waals surface area (Å²) in [5.41, 5.74) is 0. The predicted molar refractivity (Wildman–Crippen MR) is 44.9 cm³/mol. The number of halogens is 1. The Kier molecular flexibility index (Phi) is 2.90. The van der Waals surface area contributed by atoms with Crippen LogP contribution < -0.4 is 0 Å². The summed E-state index contributed by atoms with van der Waals surface area (Å²) >= 11 is 2.89. The molecule has 0 aromatic heterocycles. The first-order valence-electron chi connectivity index (χ1n) is 3.28. The average Bonchev–Trinajstić information content (AvgIpc) is 2.36. The Hall–Kier alpha value is 0.350. The smallest absolute Gasteiger partial charge is 0.224 e. The minimum atomic E-state index is -3.14. The zero-order chi connectivity index (χ0) is 8.48. The molecular weight excluding hydrogens is 234 g/mol. The molecule has 0 saturated carbocycles. The Balaban J connectivity index is 2.64. The molecule has 1 heterocycles. The van der Waals surface area contributed by atoms with Crippen molar-refractivity contribution in [1.29, 1.82) is 0 Å². The van der Waals surface area contributed by atoms with Gasteiger partial charge in [0.25, 0.3) is 0 Å². The van der Waals surface area contributed by atoms with Crippen molar-refractivity contribution < 1.29 is 13.5 Å². The SMILES string of the molecule is O=S(=O)(CBr)N1CCC(O)C1. The van der Waals surface area contributed by atoms with Crippen LogP contribution in [-0.4, -0.2) is 41.7 Å². The van der Waals surface area contributed by atoms with E-state index in [1.807, 2.05) is 0 Å². The fourth-order valence-corrected chi connectivity index (χ4v) is 2.82. The van der Waals surface area contributed by atoms with E-state index in [4.69, 9.17) is 5.11 Å². The molecule has 1 unspecified atom stereocenters. The highest BCUT2D eigenvalue weighted by Crippen LogP contribution is 2.14. The highest BCUT2D eigenvalue weighted by molar-refractivity contribution is 9.10. The van der Waals surface area contributed by atoms with Crippen molar-refractivity contribution in [2.24, 2.45) is 0 Å². The number of hydrogen-bond donors (Lipinski definition) is 1. The van der Waals surface area contributed by atoms with Crippen LogP contribution in [0, 0.1) is 0 Å². The molecule has 0 bridgehead atoms. The first kappa shape index (κ1) is 9.44. The lowest BCUT2D eigenvalue weighted by Gasteiger charge is -2.12. The van der Waals surface area contributed by atoms with Crippen molar-refractivity contribution in [3.63, 3.8) is 0 Å². The topological polar surface area (TPSA) is 57.6 Å². The van der Waals surface area contributed by atoms with Crippen molar-refractivity contribution in [3.8, 4) is 0 Å². The molecule has 6 heteroatoms. The highest BCUT2D eigenvalue weighted by Gasteiger charge is 2.28. The summed E-state index contributed by atoms with van der Waals surface area (Å²) in [5.74, 6) is 0. The van der Waals surface area contributed by atoms with Crippen molar-refractivity contribution in [2.45, 2.75) is 12.5 Å². The Morgan fingerprint density at radius 1 is 1.64 bits per heavy atom. The molecule has 0 radical (unpaired) electrons. The number of rotatable bonds is 2. The summed E-state index contributed by atoms with van der Waals surface area (Å²) in [7, 11) is -3.14. The molecule has 1 aliphatic heterocycles. The van der Waals surface area contributed by atoms with Crippen molar-refractivity contribution >= 4 is 26.0 Å². The molecule has 0 amide bonds. The second kappa shape index (κ2) is 3.38. The molecule has 1 saturated heterocycles. The summed E-state index contributed by atoms with van der Waals surface area (Å²) < 4.78 is 23.5. The lowest BCUT2D eigenvalue weighted by Crippen LogP contribution is -2.30. The molecule has 0 aromatic carbocycles. The van der Waals surface area contributed by atoms with Crippen LogP contribution in [0.25, 0.3) is 0 Å². The van der Waals surface area contributed by atoms with Gasteiger partial charge in [0.15, 0.2) is 0 Å². The van der Waals surface area contributed by atoms with Crippen LogP contribution in [0.1, 0.15) is 6.42 Å². The fraction of sp³-hybridized carbons (Fsp3) is 1.00. The van der Waals surface area contributed by atoms with E-state index in [9.17, 15) is 8.42 Å². The number of alkyl halides is 1. The largest absolute Gasteiger partial charge is 0.392 e. The quantitative estimate of drug-likeness (QED) is 0.680. The third-order valence-corrected chi connectivity index (χ3v) is 4.79. The van der Waals surface area contributed by atoms with Gasteiger partial charge in [0.05, 0.1) is 6.10 Å². The van der Waals surface area contributed by atoms with Gasteiger partial charge in [-0.05, 0) is 6.42 Å². The van der Waals surface area contributed by atoms with E-state index in [1.54, 1.807) is 0 Å². The van der Waals surface area contributed by atoms with E-state index in [2.05, 4.69) is 15.9 Å². The molecule has 1 atom stereocenters. The van der Waals surface area contributed by atoms with E-state index in [-0.39, 0.29) is 11.2 Å². The monoisotopic (exact) mass is 243 g/mol. The zero-order valence-corrected chi connectivity index (χ0v) is 8.31. The minimum Gasteiger partial charge on any atom is -0.392 e. The molecule has 0 spiro atoms. The van der Waals surface area contributed by atoms with Crippen LogP contribution in [0.3, 0.4) is 0 Å². The van der Waals surface area contributed by atoms with Gasteiger partial charge in [0.1, 0.15) is 4.66 Å². The predicted octanol–water partition coefficient (Wildman–Crippen LogP) is -0.265. The van der Waals surface area contributed by atoms with Gasteiger partial charge in [-0.1, -0.05) is 15.9 Å². The molecule has 1 rings (SSSR count). The first-order chi connectivity index (χ1) is 5.06. The van der Waals surface area contributed by atoms with Gasteiger partial charge in [-0.25, -0.2) is 8.42 Å². The summed E-state index contributed by atoms with van der Waals surface area (Å²) in [5, 5.41) is 9.04. The maximum absolute atomic E-state index is 11.1. The maximum atomic E-state index is 11.1. The molecule has 66 valence electrons. The Labute approximate surface area is 74.4 Å². The third kappa shape index (κ3) is 2.14. The molecular formula is C5H10BrNO3S. The van der Waals surface area contributed by atoms with Gasteiger partial charge in [0.2, 0.25) is 10.0 Å². The van der Waals surface area contributed by atoms with Crippen LogP contribution in [0.15, 0.2) is 0 Å². The fourth-order valence-electron chi connectivity index (χ4n) is 1.03. The molecule has 4 nitrogen and oxygen atoms in total. The van der Waals surface area contributed by atoms with Gasteiger partial charge >= 0.3 is 0 Å². The second-order valence-electron chi connectivity index (χ2n) is 2.52. The Bertz CT molecular complexity index is 228. The van der Waals surface area contributed by atoms with E-state index >= 15 is 0 Å². The second-order valence-corrected chi connectivity index (χ2v) is 5.79. The van der Waals surface area contributed by atoms with Gasteiger partial charge in [-0.2, -0.15) is 4.31 Å².